The highest BCUT2D eigenvalue weighted by molar-refractivity contribution is 6.07. The van der Waals surface area contributed by atoms with E-state index in [2.05, 4.69) is 20.4 Å². The van der Waals surface area contributed by atoms with E-state index in [1.807, 2.05) is 19.0 Å². The Morgan fingerprint density at radius 3 is 2.42 bits per heavy atom. The third-order valence-corrected chi connectivity index (χ3v) is 4.73. The molecular formula is C20H18F3N7O. The van der Waals surface area contributed by atoms with Crippen LogP contribution in [-0.2, 0) is 13.2 Å². The van der Waals surface area contributed by atoms with Crippen molar-refractivity contribution in [3.8, 4) is 5.69 Å². The van der Waals surface area contributed by atoms with Gasteiger partial charge in [0, 0.05) is 33.0 Å². The summed E-state index contributed by atoms with van der Waals surface area (Å²) in [6.45, 7) is 0. The summed E-state index contributed by atoms with van der Waals surface area (Å²) in [6.07, 6.45) is -1.83. The van der Waals surface area contributed by atoms with Crippen molar-refractivity contribution in [1.82, 2.24) is 24.3 Å². The summed E-state index contributed by atoms with van der Waals surface area (Å²) in [5.74, 6) is 0.345. The van der Waals surface area contributed by atoms with Crippen LogP contribution in [0, 0.1) is 0 Å². The van der Waals surface area contributed by atoms with Gasteiger partial charge in [0.25, 0.3) is 5.91 Å². The van der Waals surface area contributed by atoms with Gasteiger partial charge in [0.15, 0.2) is 5.69 Å². The van der Waals surface area contributed by atoms with E-state index in [9.17, 15) is 18.0 Å². The van der Waals surface area contributed by atoms with E-state index < -0.39 is 11.9 Å². The van der Waals surface area contributed by atoms with Gasteiger partial charge in [-0.2, -0.15) is 18.3 Å². The largest absolute Gasteiger partial charge is 0.435 e. The van der Waals surface area contributed by atoms with Gasteiger partial charge in [-0.15, -0.1) is 0 Å². The van der Waals surface area contributed by atoms with Crippen molar-refractivity contribution in [2.24, 2.45) is 7.05 Å². The fraction of sp³-hybridized carbons (Fsp3) is 0.200. The molecule has 0 saturated carbocycles. The van der Waals surface area contributed by atoms with Crippen LogP contribution in [-0.4, -0.2) is 44.3 Å². The molecule has 4 rings (SSSR count). The molecule has 0 saturated heterocycles. The molecule has 0 unspecified atom stereocenters. The number of hydrogen-bond donors (Lipinski definition) is 1. The highest BCUT2D eigenvalue weighted by atomic mass is 19.4. The first kappa shape index (κ1) is 20.4. The Morgan fingerprint density at radius 2 is 1.81 bits per heavy atom. The lowest BCUT2D eigenvalue weighted by molar-refractivity contribution is -0.141. The van der Waals surface area contributed by atoms with E-state index in [4.69, 9.17) is 0 Å². The van der Waals surface area contributed by atoms with E-state index in [0.29, 0.717) is 28.5 Å². The van der Waals surface area contributed by atoms with Crippen molar-refractivity contribution in [1.29, 1.82) is 0 Å². The number of benzene rings is 1. The third-order valence-electron chi connectivity index (χ3n) is 4.73. The van der Waals surface area contributed by atoms with E-state index in [1.54, 1.807) is 41.9 Å². The monoisotopic (exact) mass is 429 g/mol. The van der Waals surface area contributed by atoms with Crippen LogP contribution in [0.1, 0.15) is 16.2 Å². The maximum Gasteiger partial charge on any atom is 0.435 e. The second kappa shape index (κ2) is 7.42. The average Bonchev–Trinajstić information content (AvgIpc) is 3.34. The van der Waals surface area contributed by atoms with Gasteiger partial charge < -0.3 is 14.8 Å². The van der Waals surface area contributed by atoms with Gasteiger partial charge >= 0.3 is 6.18 Å². The molecule has 1 amide bonds. The van der Waals surface area contributed by atoms with Crippen molar-refractivity contribution >= 4 is 28.4 Å². The van der Waals surface area contributed by atoms with E-state index >= 15 is 0 Å². The zero-order valence-corrected chi connectivity index (χ0v) is 16.8. The van der Waals surface area contributed by atoms with Crippen LogP contribution in [0.4, 0.5) is 24.7 Å². The molecule has 0 atom stereocenters. The predicted octanol–water partition coefficient (Wildman–Crippen LogP) is 3.49. The Bertz CT molecular complexity index is 1260. The fourth-order valence-electron chi connectivity index (χ4n) is 3.21. The summed E-state index contributed by atoms with van der Waals surface area (Å²) in [5, 5.41) is 7.06. The summed E-state index contributed by atoms with van der Waals surface area (Å²) in [7, 11) is 5.45. The lowest BCUT2D eigenvalue weighted by Gasteiger charge is -2.11. The smallest absolute Gasteiger partial charge is 0.362 e. The molecule has 0 aliphatic carbocycles. The normalized spacial score (nSPS) is 11.7. The summed E-state index contributed by atoms with van der Waals surface area (Å²) in [5.41, 5.74) is 0.967. The van der Waals surface area contributed by atoms with Gasteiger partial charge in [0.05, 0.1) is 11.1 Å². The van der Waals surface area contributed by atoms with Gasteiger partial charge in [-0.3, -0.25) is 4.79 Å². The first-order valence-corrected chi connectivity index (χ1v) is 9.17. The van der Waals surface area contributed by atoms with Gasteiger partial charge in [0.1, 0.15) is 23.5 Å². The van der Waals surface area contributed by atoms with Gasteiger partial charge in [-0.05, 0) is 36.4 Å². The van der Waals surface area contributed by atoms with Gasteiger partial charge in [-0.25, -0.2) is 14.6 Å². The van der Waals surface area contributed by atoms with Crippen LogP contribution in [0.3, 0.4) is 0 Å². The maximum absolute atomic E-state index is 12.8. The number of carbonyl (C=O) groups excluding carboxylic acids is 1. The number of anilines is 2. The molecule has 3 heterocycles. The van der Waals surface area contributed by atoms with Gasteiger partial charge in [-0.1, -0.05) is 0 Å². The lowest BCUT2D eigenvalue weighted by Crippen LogP contribution is -2.15. The maximum atomic E-state index is 12.8. The molecule has 0 bridgehead atoms. The van der Waals surface area contributed by atoms with Crippen molar-refractivity contribution in [2.45, 2.75) is 6.18 Å². The Hall–Kier alpha value is -3.89. The van der Waals surface area contributed by atoms with Crippen molar-refractivity contribution in [2.75, 3.05) is 24.3 Å². The van der Waals surface area contributed by atoms with Crippen molar-refractivity contribution in [3.05, 3.63) is 60.3 Å². The number of nitrogens with zero attached hydrogens (tertiary/aromatic N) is 6. The minimum atomic E-state index is -4.51. The Morgan fingerprint density at radius 1 is 1.10 bits per heavy atom. The summed E-state index contributed by atoms with van der Waals surface area (Å²) in [4.78, 5) is 23.2. The molecule has 160 valence electrons. The Labute approximate surface area is 174 Å². The Kier molecular flexibility index (Phi) is 4.88. The van der Waals surface area contributed by atoms with E-state index in [0.717, 1.165) is 16.1 Å². The molecule has 31 heavy (non-hydrogen) atoms. The molecule has 0 spiro atoms. The minimum absolute atomic E-state index is 0.351. The second-order valence-corrected chi connectivity index (χ2v) is 7.06. The van der Waals surface area contributed by atoms with E-state index in [-0.39, 0.29) is 5.91 Å². The number of nitrogens with one attached hydrogen (secondary N) is 1. The minimum Gasteiger partial charge on any atom is -0.362 e. The quantitative estimate of drug-likeness (QED) is 0.537. The van der Waals surface area contributed by atoms with Crippen LogP contribution in [0.15, 0.2) is 48.9 Å². The molecule has 0 radical (unpaired) electrons. The SMILES string of the molecule is CN(C)c1ncnc2c1cc(C(=O)Nc1ccc(-n3ccc(C(F)(F)F)n3)cc1)n2C. The number of hydrogen-bond acceptors (Lipinski definition) is 5. The highest BCUT2D eigenvalue weighted by Gasteiger charge is 2.33. The van der Waals surface area contributed by atoms with Crippen LogP contribution < -0.4 is 10.2 Å². The zero-order valence-electron chi connectivity index (χ0n) is 16.8. The molecule has 11 heteroatoms. The van der Waals surface area contributed by atoms with Gasteiger partial charge in [0.2, 0.25) is 0 Å². The van der Waals surface area contributed by atoms with E-state index in [1.165, 1.54) is 12.5 Å². The number of rotatable bonds is 4. The molecule has 8 nitrogen and oxygen atoms in total. The van der Waals surface area contributed by atoms with Crippen LogP contribution in [0.5, 0.6) is 0 Å². The number of aromatic nitrogens is 5. The van der Waals surface area contributed by atoms with Crippen molar-refractivity contribution < 1.29 is 18.0 Å². The van der Waals surface area contributed by atoms with Crippen LogP contribution in [0.25, 0.3) is 16.7 Å². The van der Waals surface area contributed by atoms with Crippen LogP contribution in [0.2, 0.25) is 0 Å². The topological polar surface area (TPSA) is 80.9 Å². The summed E-state index contributed by atoms with van der Waals surface area (Å²) in [6, 6.07) is 8.95. The number of halogens is 3. The first-order valence-electron chi connectivity index (χ1n) is 9.17. The van der Waals surface area contributed by atoms with Crippen molar-refractivity contribution in [3.63, 3.8) is 0 Å². The number of alkyl halides is 3. The van der Waals surface area contributed by atoms with Crippen LogP contribution >= 0.6 is 0 Å². The average molecular weight is 429 g/mol. The third kappa shape index (κ3) is 3.81. The predicted molar refractivity (Wildman–Crippen MR) is 109 cm³/mol. The summed E-state index contributed by atoms with van der Waals surface area (Å²) >= 11 is 0. The standard InChI is InChI=1S/C20H18F3N7O/c1-28(2)17-14-10-15(29(3)18(14)25-11-24-17)19(31)26-12-4-6-13(7-5-12)30-9-8-16(27-30)20(21,22)23/h4-11H,1-3H3,(H,26,31). The number of aryl methyl sites for hydroxylation is 1. The molecule has 1 N–H and O–H groups in total. The highest BCUT2D eigenvalue weighted by Crippen LogP contribution is 2.28. The molecular weight excluding hydrogens is 411 g/mol. The number of carbonyl (C=O) groups is 1. The molecule has 0 fully saturated rings. The number of fused-ring (bicyclic) bond motifs is 1. The number of amides is 1. The first-order chi connectivity index (χ1) is 14.6. The summed E-state index contributed by atoms with van der Waals surface area (Å²) < 4.78 is 41.0. The molecule has 0 aliphatic rings. The second-order valence-electron chi connectivity index (χ2n) is 7.06. The Balaban J connectivity index is 1.56. The fourth-order valence-corrected chi connectivity index (χ4v) is 3.21. The molecule has 4 aromatic rings. The zero-order chi connectivity index (χ0) is 22.3. The lowest BCUT2D eigenvalue weighted by atomic mass is 10.2. The molecule has 3 aromatic heterocycles. The molecule has 0 aliphatic heterocycles. The molecule has 1 aromatic carbocycles.